The van der Waals surface area contributed by atoms with Crippen molar-refractivity contribution in [3.8, 4) is 11.4 Å². The summed E-state index contributed by atoms with van der Waals surface area (Å²) in [6, 6.07) is 13.4. The monoisotopic (exact) mass is 314 g/mol. The summed E-state index contributed by atoms with van der Waals surface area (Å²) in [5.41, 5.74) is 3.29. The molecule has 2 heterocycles. The second-order valence-corrected chi connectivity index (χ2v) is 5.12. The third-order valence-corrected chi connectivity index (χ3v) is 3.45. The van der Waals surface area contributed by atoms with Crippen molar-refractivity contribution in [3.05, 3.63) is 58.7 Å². The third-order valence-electron chi connectivity index (χ3n) is 2.96. The number of benzene rings is 1. The van der Waals surface area contributed by atoms with Gasteiger partial charge in [0, 0.05) is 16.1 Å². The Morgan fingerprint density at radius 2 is 1.95 bits per heavy atom. The maximum absolute atomic E-state index is 9.52. The number of rotatable bonds is 2. The van der Waals surface area contributed by atoms with E-state index in [4.69, 9.17) is 0 Å². The number of pyridine rings is 2. The summed E-state index contributed by atoms with van der Waals surface area (Å²) in [4.78, 5) is 8.91. The van der Waals surface area contributed by atoms with Crippen LogP contribution in [0.1, 0.15) is 5.56 Å². The van der Waals surface area contributed by atoms with Crippen molar-refractivity contribution in [2.24, 2.45) is 0 Å². The fraction of sp³-hybridized carbons (Fsp3) is 0.0667. The molecule has 0 unspecified atom stereocenters. The van der Waals surface area contributed by atoms with Gasteiger partial charge >= 0.3 is 0 Å². The molecule has 0 atom stereocenters. The highest BCUT2D eigenvalue weighted by Crippen LogP contribution is 2.26. The predicted octanol–water partition coefficient (Wildman–Crippen LogP) is 3.55. The van der Waals surface area contributed by atoms with Gasteiger partial charge in [-0.15, -0.1) is 0 Å². The van der Waals surface area contributed by atoms with Gasteiger partial charge in [0.05, 0.1) is 23.5 Å². The average Bonchev–Trinajstić information content (AvgIpc) is 2.46. The molecule has 3 rings (SSSR count). The van der Waals surface area contributed by atoms with Gasteiger partial charge < -0.3 is 5.11 Å². The molecule has 0 saturated heterocycles. The lowest BCUT2D eigenvalue weighted by Gasteiger charge is -2.07. The Kier molecular flexibility index (Phi) is 3.27. The minimum Gasteiger partial charge on any atom is -0.392 e. The third kappa shape index (κ3) is 2.37. The molecule has 0 aliphatic rings. The number of nitrogens with zero attached hydrogens (tertiary/aromatic N) is 2. The molecule has 1 aromatic carbocycles. The molecule has 19 heavy (non-hydrogen) atoms. The number of aliphatic hydroxyl groups is 1. The highest BCUT2D eigenvalue weighted by molar-refractivity contribution is 9.10. The molecule has 0 spiro atoms. The molecule has 3 nitrogen and oxygen atoms in total. The van der Waals surface area contributed by atoms with E-state index >= 15 is 0 Å². The molecular weight excluding hydrogens is 304 g/mol. The van der Waals surface area contributed by atoms with E-state index in [2.05, 4.69) is 25.9 Å². The Balaban J connectivity index is 2.27. The van der Waals surface area contributed by atoms with E-state index in [9.17, 15) is 5.11 Å². The van der Waals surface area contributed by atoms with Crippen molar-refractivity contribution in [3.63, 3.8) is 0 Å². The van der Waals surface area contributed by atoms with E-state index in [0.717, 1.165) is 32.3 Å². The zero-order valence-corrected chi connectivity index (χ0v) is 11.6. The number of hydrogen-bond acceptors (Lipinski definition) is 3. The van der Waals surface area contributed by atoms with Gasteiger partial charge in [0.1, 0.15) is 0 Å². The molecule has 94 valence electrons. The molecule has 0 radical (unpaired) electrons. The van der Waals surface area contributed by atoms with Crippen LogP contribution in [-0.2, 0) is 6.61 Å². The van der Waals surface area contributed by atoms with Crippen molar-refractivity contribution in [2.45, 2.75) is 6.61 Å². The molecule has 0 amide bonds. The zero-order valence-electron chi connectivity index (χ0n) is 10.0. The summed E-state index contributed by atoms with van der Waals surface area (Å²) in [6.07, 6.45) is 1.74. The number of fused-ring (bicyclic) bond motifs is 1. The van der Waals surface area contributed by atoms with Crippen LogP contribution in [0.25, 0.3) is 22.3 Å². The number of halogens is 1. The van der Waals surface area contributed by atoms with Crippen LogP contribution in [0.2, 0.25) is 0 Å². The minimum atomic E-state index is -0.0134. The molecule has 0 bridgehead atoms. The van der Waals surface area contributed by atoms with Gasteiger partial charge in [-0.2, -0.15) is 0 Å². The highest BCUT2D eigenvalue weighted by Gasteiger charge is 2.08. The van der Waals surface area contributed by atoms with Gasteiger partial charge in [-0.05, 0) is 35.9 Å². The van der Waals surface area contributed by atoms with E-state index in [1.807, 2.05) is 42.5 Å². The largest absolute Gasteiger partial charge is 0.392 e. The van der Waals surface area contributed by atoms with Gasteiger partial charge in [-0.25, -0.2) is 4.98 Å². The molecule has 0 aliphatic heterocycles. The summed E-state index contributed by atoms with van der Waals surface area (Å²) in [7, 11) is 0. The molecule has 4 heteroatoms. The number of aromatic nitrogens is 2. The van der Waals surface area contributed by atoms with Crippen LogP contribution in [0.4, 0.5) is 0 Å². The van der Waals surface area contributed by atoms with Crippen LogP contribution in [-0.4, -0.2) is 15.1 Å². The zero-order chi connectivity index (χ0) is 13.2. The van der Waals surface area contributed by atoms with Crippen LogP contribution in [0.5, 0.6) is 0 Å². The molecule has 0 fully saturated rings. The average molecular weight is 315 g/mol. The van der Waals surface area contributed by atoms with Crippen molar-refractivity contribution < 1.29 is 5.11 Å². The Hall–Kier alpha value is -1.78. The summed E-state index contributed by atoms with van der Waals surface area (Å²) in [6.45, 7) is -0.0134. The topological polar surface area (TPSA) is 46.0 Å². The first-order chi connectivity index (χ1) is 9.28. The maximum atomic E-state index is 9.52. The Morgan fingerprint density at radius 1 is 1.05 bits per heavy atom. The van der Waals surface area contributed by atoms with E-state index in [-0.39, 0.29) is 6.61 Å². The molecule has 2 aromatic heterocycles. The van der Waals surface area contributed by atoms with Gasteiger partial charge in [0.15, 0.2) is 0 Å². The predicted molar refractivity (Wildman–Crippen MR) is 78.6 cm³/mol. The summed E-state index contributed by atoms with van der Waals surface area (Å²) < 4.78 is 0.967. The fourth-order valence-electron chi connectivity index (χ4n) is 2.05. The van der Waals surface area contributed by atoms with Crippen molar-refractivity contribution in [1.82, 2.24) is 9.97 Å². The van der Waals surface area contributed by atoms with Gasteiger partial charge in [0.25, 0.3) is 0 Å². The normalized spacial score (nSPS) is 10.8. The molecule has 1 N–H and O–H groups in total. The van der Waals surface area contributed by atoms with E-state index < -0.39 is 0 Å². The highest BCUT2D eigenvalue weighted by atomic mass is 79.9. The van der Waals surface area contributed by atoms with Crippen LogP contribution >= 0.6 is 15.9 Å². The summed E-state index contributed by atoms with van der Waals surface area (Å²) in [5, 5.41) is 10.5. The van der Waals surface area contributed by atoms with Crippen LogP contribution in [0.3, 0.4) is 0 Å². The first-order valence-corrected chi connectivity index (χ1v) is 6.68. The number of aliphatic hydroxyl groups excluding tert-OH is 1. The fourth-order valence-corrected chi connectivity index (χ4v) is 2.40. The van der Waals surface area contributed by atoms with Crippen molar-refractivity contribution in [2.75, 3.05) is 0 Å². The summed E-state index contributed by atoms with van der Waals surface area (Å²) >= 11 is 3.44. The first kappa shape index (κ1) is 12.3. The van der Waals surface area contributed by atoms with Crippen LogP contribution in [0, 0.1) is 0 Å². The minimum absolute atomic E-state index is 0.0134. The van der Waals surface area contributed by atoms with Gasteiger partial charge in [-0.1, -0.05) is 28.1 Å². The Bertz CT molecular complexity index is 729. The lowest BCUT2D eigenvalue weighted by molar-refractivity contribution is 0.283. The molecule has 0 saturated carbocycles. The van der Waals surface area contributed by atoms with E-state index in [0.29, 0.717) is 0 Å². The Morgan fingerprint density at radius 3 is 2.68 bits per heavy atom. The first-order valence-electron chi connectivity index (χ1n) is 5.89. The van der Waals surface area contributed by atoms with Gasteiger partial charge in [0.2, 0.25) is 0 Å². The van der Waals surface area contributed by atoms with Crippen LogP contribution in [0.15, 0.2) is 53.1 Å². The standard InChI is InChI=1S/C15H11BrN2O/c16-11-4-5-12-10(9-19)7-15(18-14(12)8-11)13-3-1-2-6-17-13/h1-8,19H,9H2. The smallest absolute Gasteiger partial charge is 0.0897 e. The summed E-state index contributed by atoms with van der Waals surface area (Å²) in [5.74, 6) is 0. The number of hydrogen-bond donors (Lipinski definition) is 1. The molecular formula is C15H11BrN2O. The maximum Gasteiger partial charge on any atom is 0.0897 e. The molecule has 3 aromatic rings. The quantitative estimate of drug-likeness (QED) is 0.786. The van der Waals surface area contributed by atoms with Crippen LogP contribution < -0.4 is 0 Å². The van der Waals surface area contributed by atoms with Crippen molar-refractivity contribution in [1.29, 1.82) is 0 Å². The lowest BCUT2D eigenvalue weighted by atomic mass is 10.1. The van der Waals surface area contributed by atoms with Crippen molar-refractivity contribution >= 4 is 26.8 Å². The SMILES string of the molecule is OCc1cc(-c2ccccn2)nc2cc(Br)ccc12. The van der Waals surface area contributed by atoms with E-state index in [1.165, 1.54) is 0 Å². The molecule has 0 aliphatic carbocycles. The van der Waals surface area contributed by atoms with E-state index in [1.54, 1.807) is 6.20 Å². The second-order valence-electron chi connectivity index (χ2n) is 4.20. The van der Waals surface area contributed by atoms with Gasteiger partial charge in [-0.3, -0.25) is 4.98 Å². The second kappa shape index (κ2) is 5.07. The Labute approximate surface area is 119 Å². The lowest BCUT2D eigenvalue weighted by Crippen LogP contribution is -1.93.